The normalized spacial score (nSPS) is 9.90. The summed E-state index contributed by atoms with van der Waals surface area (Å²) in [4.78, 5) is 25.7. The first kappa shape index (κ1) is 14.4. The van der Waals surface area contributed by atoms with E-state index in [4.69, 9.17) is 0 Å². The molecule has 2 N–H and O–H groups in total. The van der Waals surface area contributed by atoms with Crippen molar-refractivity contribution < 1.29 is 9.72 Å². The quantitative estimate of drug-likeness (QED) is 0.651. The number of aromatic nitrogens is 1. The monoisotopic (exact) mass is 286 g/mol. The molecule has 2 amide bonds. The lowest BCUT2D eigenvalue weighted by atomic mass is 10.2. The van der Waals surface area contributed by atoms with E-state index in [0.717, 1.165) is 5.56 Å². The van der Waals surface area contributed by atoms with E-state index in [0.29, 0.717) is 18.7 Å². The molecule has 0 unspecified atom stereocenters. The standard InChI is InChI=1S/C14H14N4O3/c19-14(16-9-7-11-2-1-8-15-10-11)17-12-3-5-13(6-4-12)18(20)21/h1-6,8,10H,7,9H2,(H2,16,17,19). The van der Waals surface area contributed by atoms with Crippen molar-refractivity contribution in [2.45, 2.75) is 6.42 Å². The molecule has 2 aromatic rings. The van der Waals surface area contributed by atoms with Crippen LogP contribution in [0.5, 0.6) is 0 Å². The number of pyridine rings is 1. The van der Waals surface area contributed by atoms with Gasteiger partial charge in [0.1, 0.15) is 0 Å². The Balaban J connectivity index is 1.78. The molecule has 0 atom stereocenters. The summed E-state index contributed by atoms with van der Waals surface area (Å²) in [6.45, 7) is 0.477. The maximum atomic E-state index is 11.6. The highest BCUT2D eigenvalue weighted by molar-refractivity contribution is 5.89. The van der Waals surface area contributed by atoms with Gasteiger partial charge in [0.25, 0.3) is 5.69 Å². The van der Waals surface area contributed by atoms with E-state index in [1.807, 2.05) is 12.1 Å². The topological polar surface area (TPSA) is 97.2 Å². The lowest BCUT2D eigenvalue weighted by Crippen LogP contribution is -2.30. The Morgan fingerprint density at radius 1 is 1.24 bits per heavy atom. The second kappa shape index (κ2) is 6.99. The zero-order valence-electron chi connectivity index (χ0n) is 11.2. The van der Waals surface area contributed by atoms with Gasteiger partial charge in [-0.3, -0.25) is 15.1 Å². The van der Waals surface area contributed by atoms with Crippen molar-refractivity contribution in [3.05, 3.63) is 64.5 Å². The van der Waals surface area contributed by atoms with Gasteiger partial charge in [0, 0.05) is 36.8 Å². The Kier molecular flexibility index (Phi) is 4.81. The van der Waals surface area contributed by atoms with Crippen LogP contribution in [0.4, 0.5) is 16.2 Å². The second-order valence-electron chi connectivity index (χ2n) is 4.30. The molecule has 21 heavy (non-hydrogen) atoms. The van der Waals surface area contributed by atoms with Crippen molar-refractivity contribution in [2.24, 2.45) is 0 Å². The fraction of sp³-hybridized carbons (Fsp3) is 0.143. The maximum Gasteiger partial charge on any atom is 0.319 e. The largest absolute Gasteiger partial charge is 0.338 e. The first-order chi connectivity index (χ1) is 10.1. The third-order valence-corrected chi connectivity index (χ3v) is 2.76. The molecule has 108 valence electrons. The van der Waals surface area contributed by atoms with Gasteiger partial charge < -0.3 is 10.6 Å². The Morgan fingerprint density at radius 3 is 2.62 bits per heavy atom. The lowest BCUT2D eigenvalue weighted by Gasteiger charge is -2.07. The number of nitrogens with zero attached hydrogens (tertiary/aromatic N) is 2. The van der Waals surface area contributed by atoms with Crippen LogP contribution in [0.2, 0.25) is 0 Å². The number of hydrogen-bond donors (Lipinski definition) is 2. The molecule has 0 spiro atoms. The number of hydrogen-bond acceptors (Lipinski definition) is 4. The SMILES string of the molecule is O=C(NCCc1cccnc1)Nc1ccc([N+](=O)[O-])cc1. The molecular formula is C14H14N4O3. The van der Waals surface area contributed by atoms with Crippen LogP contribution in [0.1, 0.15) is 5.56 Å². The summed E-state index contributed by atoms with van der Waals surface area (Å²) in [6.07, 6.45) is 4.12. The third-order valence-electron chi connectivity index (χ3n) is 2.76. The van der Waals surface area contributed by atoms with E-state index >= 15 is 0 Å². The van der Waals surface area contributed by atoms with E-state index in [2.05, 4.69) is 15.6 Å². The van der Waals surface area contributed by atoms with Gasteiger partial charge in [-0.05, 0) is 30.2 Å². The average Bonchev–Trinajstić information content (AvgIpc) is 2.49. The van der Waals surface area contributed by atoms with Crippen molar-refractivity contribution in [1.29, 1.82) is 0 Å². The summed E-state index contributed by atoms with van der Waals surface area (Å²) < 4.78 is 0. The molecule has 1 aromatic heterocycles. The van der Waals surface area contributed by atoms with E-state index < -0.39 is 4.92 Å². The molecule has 2 rings (SSSR count). The highest BCUT2D eigenvalue weighted by atomic mass is 16.6. The first-order valence-electron chi connectivity index (χ1n) is 6.33. The highest BCUT2D eigenvalue weighted by Crippen LogP contribution is 2.15. The Labute approximate surface area is 121 Å². The molecule has 0 aliphatic rings. The number of urea groups is 1. The van der Waals surface area contributed by atoms with Gasteiger partial charge in [0.2, 0.25) is 0 Å². The van der Waals surface area contributed by atoms with Crippen LogP contribution in [0, 0.1) is 10.1 Å². The van der Waals surface area contributed by atoms with Crippen molar-refractivity contribution in [1.82, 2.24) is 10.3 Å². The molecule has 0 aliphatic heterocycles. The summed E-state index contributed by atoms with van der Waals surface area (Å²) in [6, 6.07) is 9.07. The molecule has 7 nitrogen and oxygen atoms in total. The Bertz CT molecular complexity index is 614. The van der Waals surface area contributed by atoms with Gasteiger partial charge in [0.05, 0.1) is 4.92 Å². The van der Waals surface area contributed by atoms with Crippen LogP contribution in [-0.4, -0.2) is 22.5 Å². The van der Waals surface area contributed by atoms with Gasteiger partial charge in [0.15, 0.2) is 0 Å². The zero-order valence-corrected chi connectivity index (χ0v) is 11.2. The molecule has 7 heteroatoms. The van der Waals surface area contributed by atoms with E-state index in [9.17, 15) is 14.9 Å². The maximum absolute atomic E-state index is 11.6. The fourth-order valence-electron chi connectivity index (χ4n) is 1.71. The van der Waals surface area contributed by atoms with Crippen molar-refractivity contribution in [3.63, 3.8) is 0 Å². The van der Waals surface area contributed by atoms with Gasteiger partial charge >= 0.3 is 6.03 Å². The number of benzene rings is 1. The minimum Gasteiger partial charge on any atom is -0.338 e. The average molecular weight is 286 g/mol. The Hall–Kier alpha value is -2.96. The van der Waals surface area contributed by atoms with Crippen LogP contribution >= 0.6 is 0 Å². The summed E-state index contributed by atoms with van der Waals surface area (Å²) in [5, 5.41) is 15.8. The summed E-state index contributed by atoms with van der Waals surface area (Å²) in [5.74, 6) is 0. The number of nitro benzene ring substituents is 1. The minimum absolute atomic E-state index is 0.0162. The van der Waals surface area contributed by atoms with Gasteiger partial charge in [-0.15, -0.1) is 0 Å². The van der Waals surface area contributed by atoms with Crippen molar-refractivity contribution >= 4 is 17.4 Å². The zero-order chi connectivity index (χ0) is 15.1. The smallest absolute Gasteiger partial charge is 0.319 e. The highest BCUT2D eigenvalue weighted by Gasteiger charge is 2.05. The number of nitro groups is 1. The predicted molar refractivity (Wildman–Crippen MR) is 78.1 cm³/mol. The van der Waals surface area contributed by atoms with Gasteiger partial charge in [-0.1, -0.05) is 6.07 Å². The molecule has 0 fully saturated rings. The number of rotatable bonds is 5. The van der Waals surface area contributed by atoms with Gasteiger partial charge in [-0.2, -0.15) is 0 Å². The van der Waals surface area contributed by atoms with Crippen LogP contribution in [0.15, 0.2) is 48.8 Å². The van der Waals surface area contributed by atoms with Crippen LogP contribution in [0.3, 0.4) is 0 Å². The number of anilines is 1. The molecule has 1 heterocycles. The predicted octanol–water partition coefficient (Wildman–Crippen LogP) is 2.35. The molecule has 0 saturated carbocycles. The molecule has 0 bridgehead atoms. The molecular weight excluding hydrogens is 272 g/mol. The fourth-order valence-corrected chi connectivity index (χ4v) is 1.71. The number of carbonyl (C=O) groups excluding carboxylic acids is 1. The molecule has 1 aromatic carbocycles. The van der Waals surface area contributed by atoms with Gasteiger partial charge in [-0.25, -0.2) is 4.79 Å². The summed E-state index contributed by atoms with van der Waals surface area (Å²) in [5.41, 5.74) is 1.52. The second-order valence-corrected chi connectivity index (χ2v) is 4.30. The lowest BCUT2D eigenvalue weighted by molar-refractivity contribution is -0.384. The van der Waals surface area contributed by atoms with Crippen LogP contribution in [-0.2, 0) is 6.42 Å². The van der Waals surface area contributed by atoms with Crippen molar-refractivity contribution in [2.75, 3.05) is 11.9 Å². The van der Waals surface area contributed by atoms with Crippen LogP contribution in [0.25, 0.3) is 0 Å². The van der Waals surface area contributed by atoms with E-state index in [1.165, 1.54) is 24.3 Å². The number of carbonyl (C=O) groups is 1. The molecule has 0 radical (unpaired) electrons. The Morgan fingerprint density at radius 2 is 2.00 bits per heavy atom. The number of non-ortho nitro benzene ring substituents is 1. The minimum atomic E-state index is -0.488. The van der Waals surface area contributed by atoms with Crippen molar-refractivity contribution in [3.8, 4) is 0 Å². The molecule has 0 saturated heterocycles. The summed E-state index contributed by atoms with van der Waals surface area (Å²) >= 11 is 0. The number of nitrogens with one attached hydrogen (secondary N) is 2. The third kappa shape index (κ3) is 4.57. The first-order valence-corrected chi connectivity index (χ1v) is 6.33. The molecule has 0 aliphatic carbocycles. The van der Waals surface area contributed by atoms with E-state index in [1.54, 1.807) is 12.4 Å². The van der Waals surface area contributed by atoms with E-state index in [-0.39, 0.29) is 11.7 Å². The number of amides is 2. The van der Waals surface area contributed by atoms with Crippen LogP contribution < -0.4 is 10.6 Å². The summed E-state index contributed by atoms with van der Waals surface area (Å²) in [7, 11) is 0.